The minimum Gasteiger partial charge on any atom is -0.451 e. The molecule has 0 saturated carbocycles. The number of hydrogen-bond donors (Lipinski definition) is 0. The smallest absolute Gasteiger partial charge is 0.334 e. The molecule has 1 fully saturated rings. The van der Waals surface area contributed by atoms with Crippen LogP contribution in [-0.4, -0.2) is 19.2 Å². The molecule has 19 heavy (non-hydrogen) atoms. The van der Waals surface area contributed by atoms with Crippen molar-refractivity contribution in [3.63, 3.8) is 0 Å². The van der Waals surface area contributed by atoms with Crippen molar-refractivity contribution in [2.45, 2.75) is 32.3 Å². The molecule has 0 atom stereocenters. The molecule has 0 bridgehead atoms. The van der Waals surface area contributed by atoms with E-state index in [2.05, 4.69) is 6.58 Å². The third kappa shape index (κ3) is 3.04. The molecule has 0 aromatic heterocycles. The van der Waals surface area contributed by atoms with Gasteiger partial charge in [-0.1, -0.05) is 36.4 Å². The highest BCUT2D eigenvalue weighted by Crippen LogP contribution is 2.36. The van der Waals surface area contributed by atoms with E-state index in [-0.39, 0.29) is 5.97 Å². The van der Waals surface area contributed by atoms with Gasteiger partial charge in [0.25, 0.3) is 0 Å². The molecule has 0 unspecified atom stereocenters. The molecular weight excluding hydrogens is 240 g/mol. The minimum atomic E-state index is -0.567. The van der Waals surface area contributed by atoms with Gasteiger partial charge in [-0.25, -0.2) is 4.79 Å². The first-order valence-corrected chi connectivity index (χ1v) is 6.57. The lowest BCUT2D eigenvalue weighted by Crippen LogP contribution is -2.38. The number of aryl methyl sites for hydroxylation is 1. The van der Waals surface area contributed by atoms with Crippen LogP contribution in [0.25, 0.3) is 0 Å². The van der Waals surface area contributed by atoms with E-state index in [0.717, 1.165) is 5.56 Å². The summed E-state index contributed by atoms with van der Waals surface area (Å²) in [5, 5.41) is 0. The Morgan fingerprint density at radius 3 is 2.37 bits per heavy atom. The number of benzene rings is 1. The second kappa shape index (κ2) is 5.57. The zero-order chi connectivity index (χ0) is 13.9. The summed E-state index contributed by atoms with van der Waals surface area (Å²) in [5.41, 5.74) is 2.09. The molecule has 3 nitrogen and oxygen atoms in total. The molecule has 1 aromatic rings. The summed E-state index contributed by atoms with van der Waals surface area (Å²) >= 11 is 0. The number of esters is 1. The van der Waals surface area contributed by atoms with Crippen molar-refractivity contribution in [3.05, 3.63) is 47.5 Å². The largest absolute Gasteiger partial charge is 0.451 e. The molecule has 0 amide bonds. The van der Waals surface area contributed by atoms with Gasteiger partial charge in [0.05, 0.1) is 13.2 Å². The van der Waals surface area contributed by atoms with Crippen LogP contribution < -0.4 is 0 Å². The van der Waals surface area contributed by atoms with Crippen LogP contribution in [0, 0.1) is 6.92 Å². The molecule has 1 aliphatic rings. The van der Waals surface area contributed by atoms with Crippen molar-refractivity contribution in [3.8, 4) is 0 Å². The van der Waals surface area contributed by atoms with E-state index >= 15 is 0 Å². The topological polar surface area (TPSA) is 35.5 Å². The molecule has 2 rings (SSSR count). The second-order valence-corrected chi connectivity index (χ2v) is 5.14. The average molecular weight is 260 g/mol. The summed E-state index contributed by atoms with van der Waals surface area (Å²) < 4.78 is 11.1. The lowest BCUT2D eigenvalue weighted by Gasteiger charge is -2.37. The first-order chi connectivity index (χ1) is 9.03. The SMILES string of the molecule is C=C(C)C(=O)OC1(c2ccc(C)cc2)CCOCC1. The van der Waals surface area contributed by atoms with Crippen molar-refractivity contribution in [2.75, 3.05) is 13.2 Å². The summed E-state index contributed by atoms with van der Waals surface area (Å²) in [5.74, 6) is -0.331. The van der Waals surface area contributed by atoms with E-state index in [1.807, 2.05) is 31.2 Å². The molecule has 3 heteroatoms. The minimum absolute atomic E-state index is 0.331. The molecule has 102 valence electrons. The Morgan fingerprint density at radius 1 is 1.26 bits per heavy atom. The fourth-order valence-electron chi connectivity index (χ4n) is 2.27. The highest BCUT2D eigenvalue weighted by molar-refractivity contribution is 5.87. The van der Waals surface area contributed by atoms with Gasteiger partial charge >= 0.3 is 5.97 Å². The summed E-state index contributed by atoms with van der Waals surface area (Å²) in [6, 6.07) is 8.15. The van der Waals surface area contributed by atoms with Gasteiger partial charge in [0.1, 0.15) is 5.60 Å². The van der Waals surface area contributed by atoms with E-state index in [0.29, 0.717) is 31.6 Å². The monoisotopic (exact) mass is 260 g/mol. The standard InChI is InChI=1S/C16H20O3/c1-12(2)15(17)19-16(8-10-18-11-9-16)14-6-4-13(3)5-7-14/h4-7H,1,8-11H2,2-3H3. The maximum atomic E-state index is 11.9. The fourth-order valence-corrected chi connectivity index (χ4v) is 2.27. The van der Waals surface area contributed by atoms with Crippen molar-refractivity contribution in [1.82, 2.24) is 0 Å². The Bertz CT molecular complexity index is 467. The predicted octanol–water partition coefficient (Wildman–Crippen LogP) is 3.12. The van der Waals surface area contributed by atoms with Crippen LogP contribution in [0.2, 0.25) is 0 Å². The zero-order valence-electron chi connectivity index (χ0n) is 11.6. The van der Waals surface area contributed by atoms with E-state index in [1.54, 1.807) is 6.92 Å². The Morgan fingerprint density at radius 2 is 1.84 bits per heavy atom. The Balaban J connectivity index is 2.31. The van der Waals surface area contributed by atoms with Crippen LogP contribution >= 0.6 is 0 Å². The first-order valence-electron chi connectivity index (χ1n) is 6.57. The average Bonchev–Trinajstić information content (AvgIpc) is 2.40. The van der Waals surface area contributed by atoms with Crippen molar-refractivity contribution < 1.29 is 14.3 Å². The highest BCUT2D eigenvalue weighted by Gasteiger charge is 2.38. The third-order valence-electron chi connectivity index (χ3n) is 3.51. The van der Waals surface area contributed by atoms with Gasteiger partial charge in [-0.05, 0) is 19.4 Å². The predicted molar refractivity (Wildman–Crippen MR) is 73.8 cm³/mol. The Kier molecular flexibility index (Phi) is 4.05. The van der Waals surface area contributed by atoms with Gasteiger partial charge in [-0.2, -0.15) is 0 Å². The molecule has 1 saturated heterocycles. The zero-order valence-corrected chi connectivity index (χ0v) is 11.6. The molecular formula is C16H20O3. The molecule has 0 spiro atoms. The van der Waals surface area contributed by atoms with Gasteiger partial charge in [-0.15, -0.1) is 0 Å². The molecule has 0 aliphatic carbocycles. The number of ether oxygens (including phenoxy) is 2. The summed E-state index contributed by atoms with van der Waals surface area (Å²) in [6.07, 6.45) is 1.38. The Labute approximate surface area is 114 Å². The van der Waals surface area contributed by atoms with Crippen LogP contribution in [-0.2, 0) is 19.9 Å². The van der Waals surface area contributed by atoms with Gasteiger partial charge in [0.15, 0.2) is 0 Å². The van der Waals surface area contributed by atoms with Gasteiger partial charge in [-0.3, -0.25) is 0 Å². The van der Waals surface area contributed by atoms with Gasteiger partial charge in [0, 0.05) is 18.4 Å². The highest BCUT2D eigenvalue weighted by atomic mass is 16.6. The van der Waals surface area contributed by atoms with E-state index < -0.39 is 5.60 Å². The molecule has 1 aliphatic heterocycles. The summed E-state index contributed by atoms with van der Waals surface area (Å²) in [7, 11) is 0. The first kappa shape index (κ1) is 13.8. The molecule has 0 radical (unpaired) electrons. The van der Waals surface area contributed by atoms with Crippen molar-refractivity contribution in [2.24, 2.45) is 0 Å². The van der Waals surface area contributed by atoms with E-state index in [4.69, 9.17) is 9.47 Å². The Hall–Kier alpha value is -1.61. The molecule has 1 heterocycles. The number of rotatable bonds is 3. The van der Waals surface area contributed by atoms with Crippen LogP contribution in [0.15, 0.2) is 36.4 Å². The summed E-state index contributed by atoms with van der Waals surface area (Å²) in [6.45, 7) is 8.58. The lowest BCUT2D eigenvalue weighted by molar-refractivity contribution is -0.166. The maximum absolute atomic E-state index is 11.9. The second-order valence-electron chi connectivity index (χ2n) is 5.14. The number of hydrogen-bond acceptors (Lipinski definition) is 3. The number of carbonyl (C=O) groups is 1. The number of carbonyl (C=O) groups excluding carboxylic acids is 1. The normalized spacial score (nSPS) is 17.8. The quantitative estimate of drug-likeness (QED) is 0.618. The third-order valence-corrected chi connectivity index (χ3v) is 3.51. The van der Waals surface area contributed by atoms with Crippen LogP contribution in [0.4, 0.5) is 0 Å². The van der Waals surface area contributed by atoms with Crippen molar-refractivity contribution >= 4 is 5.97 Å². The fraction of sp³-hybridized carbons (Fsp3) is 0.438. The maximum Gasteiger partial charge on any atom is 0.334 e. The summed E-state index contributed by atoms with van der Waals surface area (Å²) in [4.78, 5) is 11.9. The van der Waals surface area contributed by atoms with Crippen LogP contribution in [0.1, 0.15) is 30.9 Å². The molecule has 1 aromatic carbocycles. The van der Waals surface area contributed by atoms with Crippen LogP contribution in [0.5, 0.6) is 0 Å². The van der Waals surface area contributed by atoms with Crippen LogP contribution in [0.3, 0.4) is 0 Å². The molecule has 0 N–H and O–H groups in total. The van der Waals surface area contributed by atoms with Gasteiger partial charge < -0.3 is 9.47 Å². The van der Waals surface area contributed by atoms with E-state index in [1.165, 1.54) is 5.56 Å². The van der Waals surface area contributed by atoms with Crippen molar-refractivity contribution in [1.29, 1.82) is 0 Å². The van der Waals surface area contributed by atoms with E-state index in [9.17, 15) is 4.79 Å². The lowest BCUT2D eigenvalue weighted by atomic mass is 9.85. The van der Waals surface area contributed by atoms with Gasteiger partial charge in [0.2, 0.25) is 0 Å².